The highest BCUT2D eigenvalue weighted by Gasteiger charge is 2.13. The van der Waals surface area contributed by atoms with Crippen molar-refractivity contribution in [3.63, 3.8) is 0 Å². The molecule has 0 saturated carbocycles. The maximum Gasteiger partial charge on any atom is 0.214 e. The van der Waals surface area contributed by atoms with E-state index in [1.165, 1.54) is 4.90 Å². The third kappa shape index (κ3) is 2.29. The average Bonchev–Trinajstić information content (AvgIpc) is 2.75. The number of pyridine rings is 1. The fourth-order valence-electron chi connectivity index (χ4n) is 1.46. The number of carbonyl (C=O) groups is 1. The van der Waals surface area contributed by atoms with E-state index in [1.54, 1.807) is 23.3 Å². The van der Waals surface area contributed by atoms with Gasteiger partial charge in [-0.15, -0.1) is 0 Å². The van der Waals surface area contributed by atoms with E-state index >= 15 is 0 Å². The molecule has 0 aliphatic carbocycles. The van der Waals surface area contributed by atoms with Gasteiger partial charge in [-0.25, -0.2) is 4.68 Å². The first-order valence-electron chi connectivity index (χ1n) is 5.13. The van der Waals surface area contributed by atoms with E-state index in [1.807, 2.05) is 19.1 Å². The summed E-state index contributed by atoms with van der Waals surface area (Å²) in [6.45, 7) is 2.41. The molecule has 0 aliphatic rings. The monoisotopic (exact) mass is 250 g/mol. The van der Waals surface area contributed by atoms with E-state index in [9.17, 15) is 4.79 Å². The molecule has 0 spiro atoms. The van der Waals surface area contributed by atoms with Gasteiger partial charge in [-0.2, -0.15) is 5.10 Å². The molecule has 0 fully saturated rings. The fraction of sp³-hybridized carbons (Fsp3) is 0.182. The lowest BCUT2D eigenvalue weighted by atomic mass is 10.4. The molecule has 17 heavy (non-hydrogen) atoms. The largest absolute Gasteiger partial charge is 0.311 e. The van der Waals surface area contributed by atoms with Crippen molar-refractivity contribution in [1.29, 1.82) is 0 Å². The second kappa shape index (κ2) is 4.97. The van der Waals surface area contributed by atoms with Gasteiger partial charge in [-0.3, -0.25) is 9.78 Å². The van der Waals surface area contributed by atoms with Crippen LogP contribution in [0.4, 0.5) is 5.69 Å². The van der Waals surface area contributed by atoms with Gasteiger partial charge in [0.15, 0.2) is 5.15 Å². The van der Waals surface area contributed by atoms with Crippen LogP contribution in [-0.2, 0) is 4.79 Å². The Labute approximate surface area is 104 Å². The summed E-state index contributed by atoms with van der Waals surface area (Å²) in [5, 5.41) is 4.43. The molecule has 0 N–H and O–H groups in total. The molecule has 88 valence electrons. The number of hydrogen-bond donors (Lipinski definition) is 0. The minimum atomic E-state index is 0.294. The van der Waals surface area contributed by atoms with Crippen molar-refractivity contribution >= 4 is 23.7 Å². The van der Waals surface area contributed by atoms with E-state index in [2.05, 4.69) is 10.1 Å². The number of nitrogens with zero attached hydrogens (tertiary/aromatic N) is 4. The number of carbonyl (C=O) groups excluding carboxylic acids is 1. The van der Waals surface area contributed by atoms with Gasteiger partial charge in [0.05, 0.1) is 18.1 Å². The zero-order chi connectivity index (χ0) is 12.3. The predicted molar refractivity (Wildman–Crippen MR) is 65.5 cm³/mol. The number of halogens is 1. The SMILES string of the molecule is CCN(C=O)c1cn(-c2cccnc2)nc1Cl. The summed E-state index contributed by atoms with van der Waals surface area (Å²) < 4.78 is 1.59. The van der Waals surface area contributed by atoms with Gasteiger partial charge in [0, 0.05) is 12.7 Å². The summed E-state index contributed by atoms with van der Waals surface area (Å²) in [5.41, 5.74) is 1.38. The van der Waals surface area contributed by atoms with E-state index < -0.39 is 0 Å². The fourth-order valence-corrected chi connectivity index (χ4v) is 1.70. The number of rotatable bonds is 4. The van der Waals surface area contributed by atoms with Crippen LogP contribution in [0.2, 0.25) is 5.15 Å². The Morgan fingerprint density at radius 3 is 3.00 bits per heavy atom. The molecule has 0 unspecified atom stereocenters. The van der Waals surface area contributed by atoms with Crippen LogP contribution in [0.1, 0.15) is 6.92 Å². The molecule has 0 aliphatic heterocycles. The summed E-state index contributed by atoms with van der Waals surface area (Å²) in [7, 11) is 0. The lowest BCUT2D eigenvalue weighted by Crippen LogP contribution is -2.19. The Balaban J connectivity index is 2.40. The Morgan fingerprint density at radius 1 is 1.59 bits per heavy atom. The maximum absolute atomic E-state index is 10.9. The summed E-state index contributed by atoms with van der Waals surface area (Å²) in [5.74, 6) is 0. The first kappa shape index (κ1) is 11.6. The highest BCUT2D eigenvalue weighted by atomic mass is 35.5. The zero-order valence-electron chi connectivity index (χ0n) is 9.25. The van der Waals surface area contributed by atoms with Crippen LogP contribution in [0.3, 0.4) is 0 Å². The highest BCUT2D eigenvalue weighted by molar-refractivity contribution is 6.32. The number of hydrogen-bond acceptors (Lipinski definition) is 3. The van der Waals surface area contributed by atoms with Crippen LogP contribution in [0, 0.1) is 0 Å². The molecule has 2 aromatic rings. The van der Waals surface area contributed by atoms with Gasteiger partial charge in [0.25, 0.3) is 0 Å². The van der Waals surface area contributed by atoms with Crippen LogP contribution >= 0.6 is 11.6 Å². The molecule has 6 heteroatoms. The van der Waals surface area contributed by atoms with Gasteiger partial charge < -0.3 is 4.90 Å². The first-order valence-corrected chi connectivity index (χ1v) is 5.51. The van der Waals surface area contributed by atoms with E-state index in [0.29, 0.717) is 17.4 Å². The van der Waals surface area contributed by atoms with Crippen molar-refractivity contribution < 1.29 is 4.79 Å². The Morgan fingerprint density at radius 2 is 2.41 bits per heavy atom. The van der Waals surface area contributed by atoms with Crippen molar-refractivity contribution in [2.24, 2.45) is 0 Å². The van der Waals surface area contributed by atoms with E-state index in [0.717, 1.165) is 12.1 Å². The Kier molecular flexibility index (Phi) is 3.39. The predicted octanol–water partition coefficient (Wildman–Crippen LogP) is 1.90. The molecular formula is C11H11ClN4O. The van der Waals surface area contributed by atoms with E-state index in [-0.39, 0.29) is 0 Å². The topological polar surface area (TPSA) is 51.0 Å². The van der Waals surface area contributed by atoms with Gasteiger partial charge in [0.2, 0.25) is 6.41 Å². The maximum atomic E-state index is 10.9. The molecule has 1 amide bonds. The second-order valence-corrected chi connectivity index (χ2v) is 3.71. The smallest absolute Gasteiger partial charge is 0.214 e. The molecule has 0 bridgehead atoms. The number of anilines is 1. The summed E-state index contributed by atoms with van der Waals surface area (Å²) in [6.07, 6.45) is 5.79. The lowest BCUT2D eigenvalue weighted by Gasteiger charge is -2.11. The van der Waals surface area contributed by atoms with Gasteiger partial charge in [0.1, 0.15) is 5.69 Å². The third-order valence-corrected chi connectivity index (χ3v) is 2.61. The third-order valence-electron chi connectivity index (χ3n) is 2.34. The van der Waals surface area contributed by atoms with Crippen LogP contribution in [0.15, 0.2) is 30.7 Å². The van der Waals surface area contributed by atoms with Crippen LogP contribution < -0.4 is 4.90 Å². The molecular weight excluding hydrogens is 240 g/mol. The molecule has 0 aromatic carbocycles. The first-order chi connectivity index (χ1) is 8.26. The van der Waals surface area contributed by atoms with Gasteiger partial charge in [-0.1, -0.05) is 11.6 Å². The summed E-state index contributed by atoms with van der Waals surface area (Å²) >= 11 is 5.99. The molecule has 2 aromatic heterocycles. The molecule has 5 nitrogen and oxygen atoms in total. The lowest BCUT2D eigenvalue weighted by molar-refractivity contribution is -0.107. The molecule has 2 heterocycles. The highest BCUT2D eigenvalue weighted by Crippen LogP contribution is 2.24. The summed E-state index contributed by atoms with van der Waals surface area (Å²) in [6, 6.07) is 3.67. The minimum absolute atomic E-state index is 0.294. The number of aromatic nitrogens is 3. The van der Waals surface area contributed by atoms with Crippen molar-refractivity contribution in [3.8, 4) is 5.69 Å². The van der Waals surface area contributed by atoms with Gasteiger partial charge >= 0.3 is 0 Å². The standard InChI is InChI=1S/C11H11ClN4O/c1-2-15(8-17)10-7-16(14-11(10)12)9-4-3-5-13-6-9/h3-8H,2H2,1H3. The molecule has 0 atom stereocenters. The van der Waals surface area contributed by atoms with Crippen LogP contribution in [-0.4, -0.2) is 27.7 Å². The number of amides is 1. The second-order valence-electron chi connectivity index (χ2n) is 3.35. The summed E-state index contributed by atoms with van der Waals surface area (Å²) in [4.78, 5) is 16.3. The van der Waals surface area contributed by atoms with Crippen molar-refractivity contribution in [1.82, 2.24) is 14.8 Å². The van der Waals surface area contributed by atoms with Crippen molar-refractivity contribution in [2.75, 3.05) is 11.4 Å². The quantitative estimate of drug-likeness (QED) is 0.779. The van der Waals surface area contributed by atoms with Crippen LogP contribution in [0.5, 0.6) is 0 Å². The minimum Gasteiger partial charge on any atom is -0.311 e. The molecule has 0 radical (unpaired) electrons. The Bertz CT molecular complexity index is 511. The van der Waals surface area contributed by atoms with Crippen molar-refractivity contribution in [2.45, 2.75) is 6.92 Å². The molecule has 0 saturated heterocycles. The van der Waals surface area contributed by atoms with Crippen LogP contribution in [0.25, 0.3) is 5.69 Å². The average molecular weight is 251 g/mol. The molecule has 2 rings (SSSR count). The van der Waals surface area contributed by atoms with Crippen molar-refractivity contribution in [3.05, 3.63) is 35.9 Å². The van der Waals surface area contributed by atoms with Gasteiger partial charge in [-0.05, 0) is 19.1 Å². The zero-order valence-corrected chi connectivity index (χ0v) is 10.0. The normalized spacial score (nSPS) is 10.2. The van der Waals surface area contributed by atoms with E-state index in [4.69, 9.17) is 11.6 Å². The Hall–Kier alpha value is -1.88.